The summed E-state index contributed by atoms with van der Waals surface area (Å²) in [5.41, 5.74) is -0.912. The van der Waals surface area contributed by atoms with Crippen LogP contribution in [-0.2, 0) is 16.3 Å². The predicted molar refractivity (Wildman–Crippen MR) is 72.5 cm³/mol. The van der Waals surface area contributed by atoms with E-state index in [0.29, 0.717) is 24.8 Å². The zero-order chi connectivity index (χ0) is 14.3. The Morgan fingerprint density at radius 2 is 2.21 bits per heavy atom. The van der Waals surface area contributed by atoms with Gasteiger partial charge in [0.15, 0.2) is 9.84 Å². The molecule has 0 heterocycles. The third-order valence-corrected chi connectivity index (χ3v) is 5.85. The molecule has 6 heteroatoms. The molecule has 1 aliphatic carbocycles. The summed E-state index contributed by atoms with van der Waals surface area (Å²) >= 11 is 5.86. The van der Waals surface area contributed by atoms with Gasteiger partial charge in [0.25, 0.3) is 0 Å². The van der Waals surface area contributed by atoms with Gasteiger partial charge in [-0.1, -0.05) is 23.7 Å². The Kier molecular flexibility index (Phi) is 3.91. The first-order valence-electron chi connectivity index (χ1n) is 6.08. The van der Waals surface area contributed by atoms with E-state index in [1.165, 1.54) is 12.1 Å². The maximum atomic E-state index is 13.4. The molecule has 0 spiro atoms. The second-order valence-electron chi connectivity index (χ2n) is 5.20. The van der Waals surface area contributed by atoms with E-state index in [-0.39, 0.29) is 11.4 Å². The van der Waals surface area contributed by atoms with E-state index >= 15 is 0 Å². The lowest BCUT2D eigenvalue weighted by molar-refractivity contribution is 0.0512. The van der Waals surface area contributed by atoms with Crippen molar-refractivity contribution in [3.05, 3.63) is 34.6 Å². The minimum Gasteiger partial charge on any atom is -0.388 e. The van der Waals surface area contributed by atoms with Crippen LogP contribution in [0.5, 0.6) is 0 Å². The summed E-state index contributed by atoms with van der Waals surface area (Å²) in [5.74, 6) is -0.559. The van der Waals surface area contributed by atoms with Crippen LogP contribution in [0, 0.1) is 5.82 Å². The van der Waals surface area contributed by atoms with Crippen molar-refractivity contribution in [2.75, 3.05) is 6.26 Å². The quantitative estimate of drug-likeness (QED) is 0.932. The molecule has 19 heavy (non-hydrogen) atoms. The monoisotopic (exact) mass is 306 g/mol. The molecule has 0 aromatic heterocycles. The van der Waals surface area contributed by atoms with Gasteiger partial charge in [-0.05, 0) is 30.9 Å². The van der Waals surface area contributed by atoms with Gasteiger partial charge in [-0.2, -0.15) is 0 Å². The van der Waals surface area contributed by atoms with Crippen LogP contribution in [0.4, 0.5) is 4.39 Å². The maximum absolute atomic E-state index is 13.4. The Morgan fingerprint density at radius 1 is 1.53 bits per heavy atom. The third-order valence-electron chi connectivity index (χ3n) is 3.72. The number of hydrogen-bond acceptors (Lipinski definition) is 3. The van der Waals surface area contributed by atoms with Gasteiger partial charge >= 0.3 is 0 Å². The fourth-order valence-electron chi connectivity index (χ4n) is 2.85. The first-order chi connectivity index (χ1) is 8.74. The van der Waals surface area contributed by atoms with Crippen molar-refractivity contribution in [1.82, 2.24) is 0 Å². The molecular weight excluding hydrogens is 291 g/mol. The second-order valence-corrected chi connectivity index (χ2v) is 7.81. The van der Waals surface area contributed by atoms with Gasteiger partial charge in [0.2, 0.25) is 0 Å². The van der Waals surface area contributed by atoms with Crippen LogP contribution < -0.4 is 0 Å². The number of rotatable bonds is 3. The average molecular weight is 307 g/mol. The molecule has 1 aromatic rings. The Balaban J connectivity index is 2.33. The van der Waals surface area contributed by atoms with Gasteiger partial charge in [0.05, 0.1) is 15.9 Å². The minimum atomic E-state index is -3.34. The van der Waals surface area contributed by atoms with Crippen molar-refractivity contribution in [3.8, 4) is 0 Å². The molecule has 2 rings (SSSR count). The lowest BCUT2D eigenvalue weighted by atomic mass is 9.92. The normalized spacial score (nSPS) is 27.7. The molecule has 2 atom stereocenters. The fourth-order valence-corrected chi connectivity index (χ4v) is 4.64. The summed E-state index contributed by atoms with van der Waals surface area (Å²) < 4.78 is 36.8. The lowest BCUT2D eigenvalue weighted by Crippen LogP contribution is -2.44. The number of sulfone groups is 1. The molecule has 1 N–H and O–H groups in total. The summed E-state index contributed by atoms with van der Waals surface area (Å²) in [7, 11) is -3.34. The molecule has 1 aliphatic rings. The number of aliphatic hydroxyl groups is 1. The first kappa shape index (κ1) is 14.8. The molecular formula is C13H16ClFO3S. The smallest absolute Gasteiger partial charge is 0.153 e. The molecule has 0 aliphatic heterocycles. The number of benzene rings is 1. The standard InChI is InChI=1S/C13H16ClFO3S/c1-19(17,18)11-6-3-7-13(11,16)8-9-4-2-5-10(15)12(9)14/h2,4-5,11,16H,3,6-8H2,1H3. The highest BCUT2D eigenvalue weighted by Gasteiger charge is 2.47. The van der Waals surface area contributed by atoms with Crippen molar-refractivity contribution in [1.29, 1.82) is 0 Å². The van der Waals surface area contributed by atoms with Gasteiger partial charge in [-0.3, -0.25) is 0 Å². The molecule has 1 fully saturated rings. The van der Waals surface area contributed by atoms with E-state index in [2.05, 4.69) is 0 Å². The van der Waals surface area contributed by atoms with Crippen LogP contribution in [0.3, 0.4) is 0 Å². The predicted octanol–water partition coefficient (Wildman–Crippen LogP) is 2.35. The van der Waals surface area contributed by atoms with Gasteiger partial charge < -0.3 is 5.11 Å². The Labute approximate surface area is 117 Å². The summed E-state index contributed by atoms with van der Waals surface area (Å²) in [4.78, 5) is 0. The van der Waals surface area contributed by atoms with Crippen molar-refractivity contribution >= 4 is 21.4 Å². The zero-order valence-electron chi connectivity index (χ0n) is 10.6. The summed E-state index contributed by atoms with van der Waals surface area (Å²) in [6.45, 7) is 0. The SMILES string of the molecule is CS(=O)(=O)C1CCCC1(O)Cc1cccc(F)c1Cl. The number of halogens is 2. The van der Waals surface area contributed by atoms with Crippen LogP contribution in [0.1, 0.15) is 24.8 Å². The molecule has 0 saturated heterocycles. The van der Waals surface area contributed by atoms with Crippen LogP contribution >= 0.6 is 11.6 Å². The van der Waals surface area contributed by atoms with Crippen molar-refractivity contribution < 1.29 is 17.9 Å². The van der Waals surface area contributed by atoms with Crippen molar-refractivity contribution in [3.63, 3.8) is 0 Å². The highest BCUT2D eigenvalue weighted by molar-refractivity contribution is 7.91. The molecule has 1 aromatic carbocycles. The van der Waals surface area contributed by atoms with Crippen LogP contribution in [0.25, 0.3) is 0 Å². The fraction of sp³-hybridized carbons (Fsp3) is 0.538. The van der Waals surface area contributed by atoms with E-state index in [9.17, 15) is 17.9 Å². The Hall–Kier alpha value is -0.650. The first-order valence-corrected chi connectivity index (χ1v) is 8.41. The van der Waals surface area contributed by atoms with Gasteiger partial charge in [-0.25, -0.2) is 12.8 Å². The Bertz CT molecular complexity index is 588. The van der Waals surface area contributed by atoms with Gasteiger partial charge in [-0.15, -0.1) is 0 Å². The summed E-state index contributed by atoms with van der Waals surface area (Å²) in [6, 6.07) is 4.35. The van der Waals surface area contributed by atoms with E-state index < -0.39 is 26.5 Å². The largest absolute Gasteiger partial charge is 0.388 e. The highest BCUT2D eigenvalue weighted by Crippen LogP contribution is 2.38. The second kappa shape index (κ2) is 5.04. The highest BCUT2D eigenvalue weighted by atomic mass is 35.5. The van der Waals surface area contributed by atoms with Gasteiger partial charge in [0.1, 0.15) is 5.82 Å². The minimum absolute atomic E-state index is 0.0462. The van der Waals surface area contributed by atoms with Crippen molar-refractivity contribution in [2.45, 2.75) is 36.5 Å². The van der Waals surface area contributed by atoms with Crippen LogP contribution in [-0.4, -0.2) is 30.6 Å². The maximum Gasteiger partial charge on any atom is 0.153 e. The third kappa shape index (κ3) is 2.93. The van der Waals surface area contributed by atoms with E-state index in [1.54, 1.807) is 6.07 Å². The molecule has 0 bridgehead atoms. The summed E-state index contributed by atoms with van der Waals surface area (Å²) in [6.07, 6.45) is 2.64. The average Bonchev–Trinajstić information content (AvgIpc) is 2.67. The zero-order valence-corrected chi connectivity index (χ0v) is 12.1. The van der Waals surface area contributed by atoms with Crippen LogP contribution in [0.2, 0.25) is 5.02 Å². The van der Waals surface area contributed by atoms with E-state index in [4.69, 9.17) is 11.6 Å². The molecule has 106 valence electrons. The number of hydrogen-bond donors (Lipinski definition) is 1. The Morgan fingerprint density at radius 3 is 2.84 bits per heavy atom. The van der Waals surface area contributed by atoms with E-state index in [0.717, 1.165) is 6.26 Å². The summed E-state index contributed by atoms with van der Waals surface area (Å²) in [5, 5.41) is 9.74. The van der Waals surface area contributed by atoms with Gasteiger partial charge in [0, 0.05) is 12.7 Å². The topological polar surface area (TPSA) is 54.4 Å². The lowest BCUT2D eigenvalue weighted by Gasteiger charge is -2.29. The van der Waals surface area contributed by atoms with E-state index in [1.807, 2.05) is 0 Å². The molecule has 0 amide bonds. The molecule has 2 unspecified atom stereocenters. The molecule has 1 saturated carbocycles. The van der Waals surface area contributed by atoms with Crippen molar-refractivity contribution in [2.24, 2.45) is 0 Å². The van der Waals surface area contributed by atoms with Crippen LogP contribution in [0.15, 0.2) is 18.2 Å². The molecule has 0 radical (unpaired) electrons. The molecule has 3 nitrogen and oxygen atoms in total.